The quantitative estimate of drug-likeness (QED) is 0.412. The van der Waals surface area contributed by atoms with Crippen LogP contribution in [-0.2, 0) is 4.79 Å². The van der Waals surface area contributed by atoms with Crippen LogP contribution in [0.5, 0.6) is 6.01 Å². The Labute approximate surface area is 182 Å². The van der Waals surface area contributed by atoms with Gasteiger partial charge in [0.2, 0.25) is 17.8 Å². The van der Waals surface area contributed by atoms with Gasteiger partial charge in [-0.2, -0.15) is 28.1 Å². The maximum atomic E-state index is 12.5. The Morgan fingerprint density at radius 2 is 1.75 bits per heavy atom. The SMILES string of the molecule is CNCCN(CCNc1nc(Nc2ccc(C=O)cc2)nc(OCC(F)(F)F)n1)C(C)=O. The molecule has 10 nitrogen and oxygen atoms in total. The molecule has 0 saturated heterocycles. The van der Waals surface area contributed by atoms with Crippen molar-refractivity contribution in [3.8, 4) is 6.01 Å². The number of likely N-dealkylation sites (N-methyl/N-ethyl adjacent to an activating group) is 1. The molecule has 0 saturated carbocycles. The van der Waals surface area contributed by atoms with Crippen LogP contribution in [0.3, 0.4) is 0 Å². The minimum atomic E-state index is -4.56. The molecule has 0 spiro atoms. The first-order chi connectivity index (χ1) is 15.2. The van der Waals surface area contributed by atoms with Gasteiger partial charge in [-0.1, -0.05) is 0 Å². The van der Waals surface area contributed by atoms with Crippen LogP contribution in [0, 0.1) is 0 Å². The molecule has 0 fully saturated rings. The molecule has 3 N–H and O–H groups in total. The van der Waals surface area contributed by atoms with Gasteiger partial charge in [0.15, 0.2) is 6.61 Å². The van der Waals surface area contributed by atoms with E-state index < -0.39 is 18.8 Å². The number of ether oxygens (including phenoxy) is 1. The van der Waals surface area contributed by atoms with Crippen LogP contribution in [0.4, 0.5) is 30.8 Å². The Balaban J connectivity index is 2.13. The van der Waals surface area contributed by atoms with Crippen LogP contribution in [-0.4, -0.2) is 78.1 Å². The van der Waals surface area contributed by atoms with Gasteiger partial charge < -0.3 is 25.6 Å². The first kappa shape index (κ1) is 24.8. The highest BCUT2D eigenvalue weighted by atomic mass is 19.4. The van der Waals surface area contributed by atoms with Gasteiger partial charge in [-0.05, 0) is 31.3 Å². The predicted molar refractivity (Wildman–Crippen MR) is 111 cm³/mol. The lowest BCUT2D eigenvalue weighted by molar-refractivity contribution is -0.154. The van der Waals surface area contributed by atoms with E-state index in [0.717, 1.165) is 0 Å². The molecule has 0 atom stereocenters. The number of aromatic nitrogens is 3. The average molecular weight is 455 g/mol. The van der Waals surface area contributed by atoms with E-state index in [4.69, 9.17) is 0 Å². The lowest BCUT2D eigenvalue weighted by Gasteiger charge is -2.21. The van der Waals surface area contributed by atoms with E-state index in [-0.39, 0.29) is 24.3 Å². The molecule has 2 rings (SSSR count). The van der Waals surface area contributed by atoms with E-state index >= 15 is 0 Å². The number of amides is 1. The zero-order valence-corrected chi connectivity index (χ0v) is 17.6. The zero-order chi connectivity index (χ0) is 23.6. The van der Waals surface area contributed by atoms with Crippen LogP contribution < -0.4 is 20.7 Å². The summed E-state index contributed by atoms with van der Waals surface area (Å²) in [5.41, 5.74) is 0.959. The van der Waals surface area contributed by atoms with Crippen LogP contribution in [0.25, 0.3) is 0 Å². The zero-order valence-electron chi connectivity index (χ0n) is 17.6. The van der Waals surface area contributed by atoms with Crippen LogP contribution in [0.15, 0.2) is 24.3 Å². The minimum absolute atomic E-state index is 0.0266. The van der Waals surface area contributed by atoms with E-state index in [1.165, 1.54) is 6.92 Å². The first-order valence-electron chi connectivity index (χ1n) is 9.62. The molecule has 1 amide bonds. The van der Waals surface area contributed by atoms with E-state index in [2.05, 4.69) is 35.6 Å². The maximum absolute atomic E-state index is 12.5. The first-order valence-corrected chi connectivity index (χ1v) is 9.62. The lowest BCUT2D eigenvalue weighted by Crippen LogP contribution is -2.37. The van der Waals surface area contributed by atoms with Gasteiger partial charge in [-0.15, -0.1) is 0 Å². The number of nitrogens with one attached hydrogen (secondary N) is 3. The van der Waals surface area contributed by atoms with Crippen molar-refractivity contribution in [2.75, 3.05) is 50.5 Å². The number of hydrogen-bond acceptors (Lipinski definition) is 9. The van der Waals surface area contributed by atoms with Gasteiger partial charge in [0, 0.05) is 44.4 Å². The lowest BCUT2D eigenvalue weighted by atomic mass is 10.2. The van der Waals surface area contributed by atoms with Crippen molar-refractivity contribution in [1.29, 1.82) is 0 Å². The molecule has 0 radical (unpaired) electrons. The highest BCUT2D eigenvalue weighted by molar-refractivity contribution is 5.76. The molecule has 0 unspecified atom stereocenters. The van der Waals surface area contributed by atoms with Gasteiger partial charge in [-0.3, -0.25) is 9.59 Å². The van der Waals surface area contributed by atoms with Gasteiger partial charge in [0.1, 0.15) is 6.29 Å². The Morgan fingerprint density at radius 3 is 2.34 bits per heavy atom. The molecule has 174 valence electrons. The van der Waals surface area contributed by atoms with Crippen molar-refractivity contribution < 1.29 is 27.5 Å². The van der Waals surface area contributed by atoms with Gasteiger partial charge >= 0.3 is 12.2 Å². The second kappa shape index (κ2) is 11.8. The molecule has 0 aliphatic heterocycles. The van der Waals surface area contributed by atoms with Crippen LogP contribution in [0.2, 0.25) is 0 Å². The van der Waals surface area contributed by atoms with Crippen molar-refractivity contribution in [2.24, 2.45) is 0 Å². The largest absolute Gasteiger partial charge is 0.454 e. The molecule has 2 aromatic rings. The Hall–Kier alpha value is -3.48. The monoisotopic (exact) mass is 455 g/mol. The number of rotatable bonds is 12. The summed E-state index contributed by atoms with van der Waals surface area (Å²) < 4.78 is 42.3. The third kappa shape index (κ3) is 8.71. The summed E-state index contributed by atoms with van der Waals surface area (Å²) in [5.74, 6) is -0.202. The molecule has 0 bridgehead atoms. The second-order valence-corrected chi connectivity index (χ2v) is 6.57. The van der Waals surface area contributed by atoms with Gasteiger partial charge in [0.25, 0.3) is 0 Å². The predicted octanol–water partition coefficient (Wildman–Crippen LogP) is 1.85. The summed E-state index contributed by atoms with van der Waals surface area (Å²) in [7, 11) is 1.77. The van der Waals surface area contributed by atoms with Crippen molar-refractivity contribution in [3.63, 3.8) is 0 Å². The number of nitrogens with zero attached hydrogens (tertiary/aromatic N) is 4. The van der Waals surface area contributed by atoms with Crippen LogP contribution in [0.1, 0.15) is 17.3 Å². The number of alkyl halides is 3. The molecular weight excluding hydrogens is 431 g/mol. The standard InChI is InChI=1S/C19H24F3N7O3/c1-13(31)29(9-7-23-2)10-8-24-16-26-17(25-15-5-3-14(11-30)4-6-15)28-18(27-16)32-12-19(20,21)22/h3-6,11,23H,7-10,12H2,1-2H3,(H2,24,25,26,27,28). The summed E-state index contributed by atoms with van der Waals surface area (Å²) in [4.78, 5) is 35.9. The van der Waals surface area contributed by atoms with E-state index in [1.54, 1.807) is 36.2 Å². The van der Waals surface area contributed by atoms with Crippen LogP contribution >= 0.6 is 0 Å². The number of benzene rings is 1. The fourth-order valence-corrected chi connectivity index (χ4v) is 2.45. The van der Waals surface area contributed by atoms with Crippen molar-refractivity contribution in [2.45, 2.75) is 13.1 Å². The average Bonchev–Trinajstić information content (AvgIpc) is 2.74. The number of aldehydes is 1. The van der Waals surface area contributed by atoms with E-state index in [1.807, 2.05) is 0 Å². The molecule has 1 aromatic carbocycles. The number of carbonyl (C=O) groups excluding carboxylic acids is 2. The molecule has 0 aliphatic carbocycles. The molecule has 1 heterocycles. The summed E-state index contributed by atoms with van der Waals surface area (Å²) in [5, 5.41) is 8.64. The topological polar surface area (TPSA) is 121 Å². The van der Waals surface area contributed by atoms with E-state index in [0.29, 0.717) is 37.2 Å². The van der Waals surface area contributed by atoms with Gasteiger partial charge in [-0.25, -0.2) is 0 Å². The third-order valence-electron chi connectivity index (χ3n) is 4.02. The van der Waals surface area contributed by atoms with Crippen molar-refractivity contribution in [3.05, 3.63) is 29.8 Å². The summed E-state index contributed by atoms with van der Waals surface area (Å²) >= 11 is 0. The summed E-state index contributed by atoms with van der Waals surface area (Å²) in [6, 6.07) is 5.76. The van der Waals surface area contributed by atoms with Crippen molar-refractivity contribution >= 4 is 29.8 Å². The smallest absolute Gasteiger partial charge is 0.422 e. The third-order valence-corrected chi connectivity index (χ3v) is 4.02. The Morgan fingerprint density at radius 1 is 1.09 bits per heavy atom. The molecule has 0 aliphatic rings. The molecular formula is C19H24F3N7O3. The number of anilines is 3. The molecule has 1 aromatic heterocycles. The summed E-state index contributed by atoms with van der Waals surface area (Å²) in [6.45, 7) is 1.56. The minimum Gasteiger partial charge on any atom is -0.454 e. The molecule has 32 heavy (non-hydrogen) atoms. The number of hydrogen-bond donors (Lipinski definition) is 3. The summed E-state index contributed by atoms with van der Waals surface area (Å²) in [6.07, 6.45) is -3.88. The normalized spacial score (nSPS) is 11.0. The highest BCUT2D eigenvalue weighted by Gasteiger charge is 2.29. The number of halogens is 3. The number of carbonyl (C=O) groups is 2. The fraction of sp³-hybridized carbons (Fsp3) is 0.421. The van der Waals surface area contributed by atoms with Crippen molar-refractivity contribution in [1.82, 2.24) is 25.2 Å². The highest BCUT2D eigenvalue weighted by Crippen LogP contribution is 2.20. The van der Waals surface area contributed by atoms with E-state index in [9.17, 15) is 22.8 Å². The Bertz CT molecular complexity index is 895. The maximum Gasteiger partial charge on any atom is 0.422 e. The molecule has 13 heteroatoms. The second-order valence-electron chi connectivity index (χ2n) is 6.57. The van der Waals surface area contributed by atoms with Gasteiger partial charge in [0.05, 0.1) is 0 Å². The fourth-order valence-electron chi connectivity index (χ4n) is 2.45. The Kier molecular flexibility index (Phi) is 9.13.